The van der Waals surface area contributed by atoms with Gasteiger partial charge in [-0.3, -0.25) is 0 Å². The molecule has 2 aromatic rings. The number of carbonyl (C=O) groups excluding carboxylic acids is 1. The van der Waals surface area contributed by atoms with Gasteiger partial charge in [-0.05, 0) is 49.5 Å². The highest BCUT2D eigenvalue weighted by molar-refractivity contribution is 7.09. The van der Waals surface area contributed by atoms with Crippen LogP contribution in [0.15, 0.2) is 29.8 Å². The van der Waals surface area contributed by atoms with Crippen LogP contribution in [0.5, 0.6) is 0 Å². The second kappa shape index (κ2) is 6.29. The molecule has 5 nitrogen and oxygen atoms in total. The number of hydrogen-bond donors (Lipinski definition) is 2. The van der Waals surface area contributed by atoms with E-state index in [-0.39, 0.29) is 6.03 Å². The fourth-order valence-corrected chi connectivity index (χ4v) is 4.09. The number of nitrogens with one attached hydrogen (secondary N) is 2. The number of thiazole rings is 1. The summed E-state index contributed by atoms with van der Waals surface area (Å²) in [6.45, 7) is 3.46. The van der Waals surface area contributed by atoms with Gasteiger partial charge in [0.15, 0.2) is 0 Å². The summed E-state index contributed by atoms with van der Waals surface area (Å²) in [7, 11) is 0. The van der Waals surface area contributed by atoms with Crippen LogP contribution >= 0.6 is 11.3 Å². The zero-order valence-electron chi connectivity index (χ0n) is 12.9. The molecular formula is C17H20N4OS. The van der Waals surface area contributed by atoms with Gasteiger partial charge < -0.3 is 15.5 Å². The quantitative estimate of drug-likeness (QED) is 0.890. The Labute approximate surface area is 139 Å². The van der Waals surface area contributed by atoms with Gasteiger partial charge in [0, 0.05) is 10.6 Å². The Morgan fingerprint density at radius 3 is 2.74 bits per heavy atom. The van der Waals surface area contributed by atoms with Crippen molar-refractivity contribution in [3.05, 3.63) is 45.9 Å². The second-order valence-corrected chi connectivity index (χ2v) is 7.09. The van der Waals surface area contributed by atoms with E-state index in [4.69, 9.17) is 0 Å². The molecule has 2 aliphatic rings. The minimum Gasteiger partial charge on any atom is -0.317 e. The minimum atomic E-state index is -0.0511. The Morgan fingerprint density at radius 2 is 2.00 bits per heavy atom. The van der Waals surface area contributed by atoms with E-state index in [1.807, 2.05) is 17.6 Å². The van der Waals surface area contributed by atoms with Gasteiger partial charge in [0.05, 0.1) is 24.3 Å². The Bertz CT molecular complexity index is 670. The van der Waals surface area contributed by atoms with E-state index in [1.54, 1.807) is 16.2 Å². The molecule has 1 saturated heterocycles. The van der Waals surface area contributed by atoms with Crippen LogP contribution in [-0.2, 0) is 13.1 Å². The average molecular weight is 328 g/mol. The lowest BCUT2D eigenvalue weighted by atomic mass is 9.90. The molecule has 6 heteroatoms. The van der Waals surface area contributed by atoms with E-state index in [0.717, 1.165) is 24.5 Å². The lowest BCUT2D eigenvalue weighted by Crippen LogP contribution is -2.30. The normalized spacial score (nSPS) is 18.0. The summed E-state index contributed by atoms with van der Waals surface area (Å²) < 4.78 is 0. The van der Waals surface area contributed by atoms with E-state index in [1.165, 1.54) is 23.3 Å². The van der Waals surface area contributed by atoms with E-state index in [0.29, 0.717) is 19.0 Å². The van der Waals surface area contributed by atoms with Crippen molar-refractivity contribution in [3.63, 3.8) is 0 Å². The fraction of sp³-hybridized carbons (Fsp3) is 0.412. The molecule has 1 aromatic carbocycles. The molecule has 0 radical (unpaired) electrons. The molecule has 2 amide bonds. The number of piperidine rings is 1. The van der Waals surface area contributed by atoms with Crippen molar-refractivity contribution in [2.24, 2.45) is 0 Å². The summed E-state index contributed by atoms with van der Waals surface area (Å²) in [5, 5.41) is 6.38. The van der Waals surface area contributed by atoms with Crippen molar-refractivity contribution in [3.8, 4) is 0 Å². The zero-order valence-corrected chi connectivity index (χ0v) is 13.7. The minimum absolute atomic E-state index is 0.0511. The van der Waals surface area contributed by atoms with Gasteiger partial charge in [0.25, 0.3) is 0 Å². The number of hydrogen-bond acceptors (Lipinski definition) is 4. The maximum atomic E-state index is 12.4. The standard InChI is InChI=1S/C17H20N4OS/c22-17(21-9-15-16(10-21)23-11-19-15)20-14-3-1-12(2-4-14)13-5-7-18-8-6-13/h1-4,11,13,18H,5-10H2,(H,20,22). The molecule has 4 rings (SSSR count). The lowest BCUT2D eigenvalue weighted by molar-refractivity contribution is 0.212. The third kappa shape index (κ3) is 3.09. The molecule has 0 spiro atoms. The van der Waals surface area contributed by atoms with Crippen LogP contribution < -0.4 is 10.6 Å². The molecule has 2 aliphatic heterocycles. The second-order valence-electron chi connectivity index (χ2n) is 6.15. The number of aromatic nitrogens is 1. The van der Waals surface area contributed by atoms with Gasteiger partial charge in [0.2, 0.25) is 0 Å². The molecule has 0 saturated carbocycles. The van der Waals surface area contributed by atoms with Gasteiger partial charge in [-0.1, -0.05) is 12.1 Å². The number of nitrogens with zero attached hydrogens (tertiary/aromatic N) is 2. The Kier molecular flexibility index (Phi) is 4.01. The molecule has 120 valence electrons. The number of benzene rings is 1. The molecule has 23 heavy (non-hydrogen) atoms. The fourth-order valence-electron chi connectivity index (χ4n) is 3.30. The molecule has 1 aromatic heterocycles. The summed E-state index contributed by atoms with van der Waals surface area (Å²) in [6.07, 6.45) is 2.38. The third-order valence-corrected chi connectivity index (χ3v) is 5.52. The predicted molar refractivity (Wildman–Crippen MR) is 91.7 cm³/mol. The van der Waals surface area contributed by atoms with Crippen LogP contribution in [0.1, 0.15) is 34.9 Å². The van der Waals surface area contributed by atoms with E-state index in [2.05, 4.69) is 27.8 Å². The molecule has 0 bridgehead atoms. The van der Waals surface area contributed by atoms with Gasteiger partial charge in [-0.15, -0.1) is 11.3 Å². The number of amides is 2. The smallest absolute Gasteiger partial charge is 0.317 e. The summed E-state index contributed by atoms with van der Waals surface area (Å²) in [5.41, 5.74) is 5.11. The van der Waals surface area contributed by atoms with Crippen molar-refractivity contribution < 1.29 is 4.79 Å². The molecule has 1 fully saturated rings. The van der Waals surface area contributed by atoms with Gasteiger partial charge in [-0.2, -0.15) is 0 Å². The molecular weight excluding hydrogens is 308 g/mol. The van der Waals surface area contributed by atoms with Crippen LogP contribution in [0.3, 0.4) is 0 Å². The average Bonchev–Trinajstić information content (AvgIpc) is 3.18. The highest BCUT2D eigenvalue weighted by Crippen LogP contribution is 2.27. The third-order valence-electron chi connectivity index (χ3n) is 4.66. The number of rotatable bonds is 2. The summed E-state index contributed by atoms with van der Waals surface area (Å²) >= 11 is 1.62. The molecule has 2 N–H and O–H groups in total. The lowest BCUT2D eigenvalue weighted by Gasteiger charge is -2.23. The van der Waals surface area contributed by atoms with Crippen LogP contribution in [0.2, 0.25) is 0 Å². The van der Waals surface area contributed by atoms with Gasteiger partial charge in [-0.25, -0.2) is 9.78 Å². The Balaban J connectivity index is 1.37. The SMILES string of the molecule is O=C(Nc1ccc(C2CCNCC2)cc1)N1Cc2ncsc2C1. The maximum absolute atomic E-state index is 12.4. The highest BCUT2D eigenvalue weighted by atomic mass is 32.1. The summed E-state index contributed by atoms with van der Waals surface area (Å²) in [5.74, 6) is 0.640. The van der Waals surface area contributed by atoms with Crippen LogP contribution in [0.4, 0.5) is 10.5 Å². The Morgan fingerprint density at radius 1 is 1.22 bits per heavy atom. The van der Waals surface area contributed by atoms with Crippen molar-refractivity contribution >= 4 is 23.1 Å². The van der Waals surface area contributed by atoms with Gasteiger partial charge >= 0.3 is 6.03 Å². The summed E-state index contributed by atoms with van der Waals surface area (Å²) in [4.78, 5) is 19.6. The number of carbonyl (C=O) groups is 1. The largest absolute Gasteiger partial charge is 0.322 e. The molecule has 0 aliphatic carbocycles. The number of anilines is 1. The summed E-state index contributed by atoms with van der Waals surface area (Å²) in [6, 6.07) is 8.27. The Hall–Kier alpha value is -1.92. The highest BCUT2D eigenvalue weighted by Gasteiger charge is 2.25. The van der Waals surface area contributed by atoms with Crippen molar-refractivity contribution in [2.45, 2.75) is 31.8 Å². The van der Waals surface area contributed by atoms with Crippen LogP contribution in [-0.4, -0.2) is 29.0 Å². The van der Waals surface area contributed by atoms with Crippen LogP contribution in [0.25, 0.3) is 0 Å². The first-order valence-electron chi connectivity index (χ1n) is 8.07. The molecule has 0 atom stereocenters. The topological polar surface area (TPSA) is 57.3 Å². The first-order valence-corrected chi connectivity index (χ1v) is 8.95. The van der Waals surface area contributed by atoms with Crippen molar-refractivity contribution in [1.82, 2.24) is 15.2 Å². The van der Waals surface area contributed by atoms with E-state index < -0.39 is 0 Å². The first-order chi connectivity index (χ1) is 11.3. The first kappa shape index (κ1) is 14.7. The molecule has 0 unspecified atom stereocenters. The van der Waals surface area contributed by atoms with E-state index in [9.17, 15) is 4.79 Å². The monoisotopic (exact) mass is 328 g/mol. The van der Waals surface area contributed by atoms with Gasteiger partial charge in [0.1, 0.15) is 0 Å². The van der Waals surface area contributed by atoms with Crippen LogP contribution in [0, 0.1) is 0 Å². The maximum Gasteiger partial charge on any atom is 0.322 e. The number of fused-ring (bicyclic) bond motifs is 1. The van der Waals surface area contributed by atoms with E-state index >= 15 is 0 Å². The molecule has 3 heterocycles. The van der Waals surface area contributed by atoms with Crippen molar-refractivity contribution in [1.29, 1.82) is 0 Å². The number of urea groups is 1. The van der Waals surface area contributed by atoms with Crippen molar-refractivity contribution in [2.75, 3.05) is 18.4 Å². The predicted octanol–water partition coefficient (Wildman–Crippen LogP) is 3.16. The zero-order chi connectivity index (χ0) is 15.6.